The van der Waals surface area contributed by atoms with Gasteiger partial charge in [-0.2, -0.15) is 0 Å². The van der Waals surface area contributed by atoms with Crippen LogP contribution in [0.5, 0.6) is 0 Å². The van der Waals surface area contributed by atoms with Crippen molar-refractivity contribution in [2.75, 3.05) is 4.90 Å². The summed E-state index contributed by atoms with van der Waals surface area (Å²) in [5.41, 5.74) is 1.15. The van der Waals surface area contributed by atoms with Crippen molar-refractivity contribution >= 4 is 47.7 Å². The van der Waals surface area contributed by atoms with Crippen molar-refractivity contribution in [3.8, 4) is 0 Å². The molecule has 0 spiro atoms. The molecule has 0 atom stereocenters. The Bertz CT molecular complexity index is 721. The summed E-state index contributed by atoms with van der Waals surface area (Å²) in [5.74, 6) is 0. The number of aryl methyl sites for hydroxylation is 1. The van der Waals surface area contributed by atoms with E-state index in [2.05, 4.69) is 12.6 Å². The molecule has 5 nitrogen and oxygen atoms in total. The van der Waals surface area contributed by atoms with Crippen LogP contribution in [0.4, 0.5) is 17.1 Å². The number of carbonyl (C=O) groups is 1. The number of amides is 1. The van der Waals surface area contributed by atoms with E-state index in [0.29, 0.717) is 22.0 Å². The van der Waals surface area contributed by atoms with Gasteiger partial charge in [-0.05, 0) is 24.6 Å². The molecule has 108 valence electrons. The molecule has 2 rings (SSSR count). The van der Waals surface area contributed by atoms with Crippen molar-refractivity contribution in [3.63, 3.8) is 0 Å². The van der Waals surface area contributed by atoms with Crippen LogP contribution in [-0.2, 0) is 4.79 Å². The molecule has 0 heterocycles. The molecular weight excluding hydrogens is 312 g/mol. The first-order valence-electron chi connectivity index (χ1n) is 5.93. The van der Waals surface area contributed by atoms with Gasteiger partial charge in [-0.15, -0.1) is 12.6 Å². The van der Waals surface area contributed by atoms with Crippen LogP contribution in [0.3, 0.4) is 0 Å². The standard InChI is InChI=1S/C14H11ClN2O3S/c1-9-6-7-10(15)14(21)13(9)16(8-18)11-4-2-3-5-12(11)17(19)20/h2-8,21H,1H3. The van der Waals surface area contributed by atoms with E-state index in [9.17, 15) is 14.9 Å². The number of thiol groups is 1. The minimum absolute atomic E-state index is 0.165. The molecule has 7 heteroatoms. The van der Waals surface area contributed by atoms with Gasteiger partial charge in [-0.1, -0.05) is 29.8 Å². The second-order valence-corrected chi connectivity index (χ2v) is 5.14. The van der Waals surface area contributed by atoms with Crippen LogP contribution in [0.25, 0.3) is 0 Å². The van der Waals surface area contributed by atoms with Crippen LogP contribution < -0.4 is 4.90 Å². The molecule has 2 aromatic carbocycles. The lowest BCUT2D eigenvalue weighted by atomic mass is 10.1. The van der Waals surface area contributed by atoms with E-state index >= 15 is 0 Å². The molecule has 0 unspecified atom stereocenters. The number of carbonyl (C=O) groups excluding carboxylic acids is 1. The lowest BCUT2D eigenvalue weighted by molar-refractivity contribution is -0.384. The zero-order valence-corrected chi connectivity index (χ0v) is 12.6. The predicted octanol–water partition coefficient (Wildman–Crippen LogP) is 4.14. The minimum atomic E-state index is -0.538. The number of anilines is 2. The molecule has 0 N–H and O–H groups in total. The molecule has 0 saturated heterocycles. The SMILES string of the molecule is Cc1ccc(Cl)c(S)c1N(C=O)c1ccccc1[N+](=O)[O-]. The fourth-order valence-corrected chi connectivity index (χ4v) is 2.52. The molecule has 21 heavy (non-hydrogen) atoms. The summed E-state index contributed by atoms with van der Waals surface area (Å²) < 4.78 is 0. The quantitative estimate of drug-likeness (QED) is 0.398. The first kappa shape index (κ1) is 15.3. The smallest absolute Gasteiger partial charge is 0.278 e. The number of nitro benzene ring substituents is 1. The Kier molecular flexibility index (Phi) is 4.50. The van der Waals surface area contributed by atoms with Gasteiger partial charge in [-0.25, -0.2) is 0 Å². The Hall–Kier alpha value is -2.05. The second-order valence-electron chi connectivity index (χ2n) is 4.28. The molecule has 1 amide bonds. The van der Waals surface area contributed by atoms with Crippen LogP contribution in [0.1, 0.15) is 5.56 Å². The Morgan fingerprint density at radius 1 is 1.29 bits per heavy atom. The van der Waals surface area contributed by atoms with E-state index in [0.717, 1.165) is 5.56 Å². The molecule has 0 aromatic heterocycles. The molecule has 0 aliphatic heterocycles. The van der Waals surface area contributed by atoms with Crippen molar-refractivity contribution < 1.29 is 9.72 Å². The number of halogens is 1. The second kappa shape index (κ2) is 6.15. The third-order valence-electron chi connectivity index (χ3n) is 2.99. The summed E-state index contributed by atoms with van der Waals surface area (Å²) >= 11 is 10.3. The highest BCUT2D eigenvalue weighted by Gasteiger charge is 2.23. The van der Waals surface area contributed by atoms with E-state index in [-0.39, 0.29) is 11.4 Å². The number of hydrogen-bond donors (Lipinski definition) is 1. The summed E-state index contributed by atoms with van der Waals surface area (Å²) in [6.45, 7) is 1.77. The van der Waals surface area contributed by atoms with E-state index in [1.165, 1.54) is 23.1 Å². The number of hydrogen-bond acceptors (Lipinski definition) is 4. The van der Waals surface area contributed by atoms with E-state index in [4.69, 9.17) is 11.6 Å². The van der Waals surface area contributed by atoms with Crippen molar-refractivity contribution in [3.05, 3.63) is 57.1 Å². The van der Waals surface area contributed by atoms with Gasteiger partial charge in [0.1, 0.15) is 5.69 Å². The highest BCUT2D eigenvalue weighted by molar-refractivity contribution is 7.80. The maximum Gasteiger partial charge on any atom is 0.293 e. The summed E-state index contributed by atoms with van der Waals surface area (Å²) in [5, 5.41) is 11.5. The maximum atomic E-state index is 11.5. The van der Waals surface area contributed by atoms with Crippen molar-refractivity contribution in [1.82, 2.24) is 0 Å². The van der Waals surface area contributed by atoms with Crippen LogP contribution in [-0.4, -0.2) is 11.3 Å². The topological polar surface area (TPSA) is 63.5 Å². The molecule has 0 fully saturated rings. The number of para-hydroxylation sites is 2. The average molecular weight is 323 g/mol. The van der Waals surface area contributed by atoms with Gasteiger partial charge in [-0.3, -0.25) is 19.8 Å². The van der Waals surface area contributed by atoms with Gasteiger partial charge < -0.3 is 0 Å². The summed E-state index contributed by atoms with van der Waals surface area (Å²) in [7, 11) is 0. The first-order valence-corrected chi connectivity index (χ1v) is 6.76. The lowest BCUT2D eigenvalue weighted by Crippen LogP contribution is -2.17. The third-order valence-corrected chi connectivity index (χ3v) is 3.89. The number of nitro groups is 1. The molecular formula is C14H11ClN2O3S. The maximum absolute atomic E-state index is 11.5. The van der Waals surface area contributed by atoms with Gasteiger partial charge in [0.05, 0.1) is 15.6 Å². The van der Waals surface area contributed by atoms with Crippen LogP contribution in [0.15, 0.2) is 41.3 Å². The third kappa shape index (κ3) is 2.86. The molecule has 0 saturated carbocycles. The van der Waals surface area contributed by atoms with Gasteiger partial charge in [0.2, 0.25) is 6.41 Å². The van der Waals surface area contributed by atoms with Crippen LogP contribution >= 0.6 is 24.2 Å². The van der Waals surface area contributed by atoms with Crippen LogP contribution in [0, 0.1) is 17.0 Å². The zero-order valence-electron chi connectivity index (χ0n) is 11.0. The Labute approximate surface area is 131 Å². The summed E-state index contributed by atoms with van der Waals surface area (Å²) in [4.78, 5) is 23.7. The highest BCUT2D eigenvalue weighted by atomic mass is 35.5. The van der Waals surface area contributed by atoms with E-state index < -0.39 is 4.92 Å². The Morgan fingerprint density at radius 2 is 1.95 bits per heavy atom. The van der Waals surface area contributed by atoms with Crippen molar-refractivity contribution in [1.29, 1.82) is 0 Å². The van der Waals surface area contributed by atoms with Gasteiger partial charge in [0.15, 0.2) is 0 Å². The van der Waals surface area contributed by atoms with Gasteiger partial charge in [0.25, 0.3) is 5.69 Å². The molecule has 0 aliphatic carbocycles. The Morgan fingerprint density at radius 3 is 2.57 bits per heavy atom. The fourth-order valence-electron chi connectivity index (χ4n) is 2.01. The average Bonchev–Trinajstić information content (AvgIpc) is 2.47. The largest absolute Gasteiger partial charge is 0.293 e. The normalized spacial score (nSPS) is 10.2. The monoisotopic (exact) mass is 322 g/mol. The van der Waals surface area contributed by atoms with E-state index in [1.54, 1.807) is 25.1 Å². The van der Waals surface area contributed by atoms with Gasteiger partial charge in [0, 0.05) is 11.0 Å². The predicted molar refractivity (Wildman–Crippen MR) is 84.7 cm³/mol. The van der Waals surface area contributed by atoms with Gasteiger partial charge >= 0.3 is 0 Å². The molecule has 0 aliphatic rings. The zero-order chi connectivity index (χ0) is 15.6. The number of rotatable bonds is 4. The molecule has 0 bridgehead atoms. The van der Waals surface area contributed by atoms with Crippen molar-refractivity contribution in [2.24, 2.45) is 0 Å². The summed E-state index contributed by atoms with van der Waals surface area (Å²) in [6.07, 6.45) is 0.515. The molecule has 2 aromatic rings. The van der Waals surface area contributed by atoms with Crippen molar-refractivity contribution in [2.45, 2.75) is 11.8 Å². The number of benzene rings is 2. The minimum Gasteiger partial charge on any atom is -0.278 e. The first-order chi connectivity index (χ1) is 9.97. The fraction of sp³-hybridized carbons (Fsp3) is 0.0714. The molecule has 0 radical (unpaired) electrons. The van der Waals surface area contributed by atoms with Crippen LogP contribution in [0.2, 0.25) is 5.02 Å². The van der Waals surface area contributed by atoms with E-state index in [1.807, 2.05) is 0 Å². The summed E-state index contributed by atoms with van der Waals surface area (Å²) in [6, 6.07) is 9.38. The number of nitrogens with zero attached hydrogens (tertiary/aromatic N) is 2. The lowest BCUT2D eigenvalue weighted by Gasteiger charge is -2.21. The highest BCUT2D eigenvalue weighted by Crippen LogP contribution is 2.40. The Balaban J connectivity index is 2.70.